The van der Waals surface area contributed by atoms with Crippen LogP contribution in [0, 0.1) is 0 Å². The number of hydrogen-bond acceptors (Lipinski definition) is 16. The third kappa shape index (κ3) is 12.4. The second-order valence-electron chi connectivity index (χ2n) is 11.3. The van der Waals surface area contributed by atoms with Crippen LogP contribution >= 0.6 is 23.2 Å². The summed E-state index contributed by atoms with van der Waals surface area (Å²) >= 11 is 11.6. The molecule has 1 aliphatic heterocycles. The molecule has 3 aromatic carbocycles. The van der Waals surface area contributed by atoms with E-state index in [9.17, 15) is 14.4 Å². The van der Waals surface area contributed by atoms with E-state index >= 15 is 0 Å². The van der Waals surface area contributed by atoms with Gasteiger partial charge in [0.05, 0.1) is 41.0 Å². The minimum atomic E-state index is -0.837. The van der Waals surface area contributed by atoms with Crippen molar-refractivity contribution < 1.29 is 57.0 Å². The Hall–Kier alpha value is -6.59. The van der Waals surface area contributed by atoms with Gasteiger partial charge in [0, 0.05) is 43.0 Å². The number of esters is 3. The maximum atomic E-state index is 12.2. The van der Waals surface area contributed by atoms with Crippen LogP contribution in [0.3, 0.4) is 0 Å². The van der Waals surface area contributed by atoms with Crippen molar-refractivity contribution in [3.05, 3.63) is 137 Å². The molecule has 308 valence electrons. The molecule has 1 unspecified atom stereocenters. The highest BCUT2D eigenvalue weighted by Crippen LogP contribution is 2.35. The number of methoxy groups -OCH3 is 6. The third-order valence-corrected chi connectivity index (χ3v) is 8.16. The van der Waals surface area contributed by atoms with Gasteiger partial charge in [-0.25, -0.2) is 29.5 Å². The summed E-state index contributed by atoms with van der Waals surface area (Å²) in [6.07, 6.45) is 4.42. The Morgan fingerprint density at radius 3 is 1.85 bits per heavy atom. The van der Waals surface area contributed by atoms with Gasteiger partial charge in [-0.15, -0.1) is 0 Å². The van der Waals surface area contributed by atoms with Gasteiger partial charge in [-0.05, 0) is 18.2 Å². The maximum Gasteiger partial charge on any atom is 0.347 e. The minimum Gasteiger partial charge on any atom is -0.503 e. The van der Waals surface area contributed by atoms with Crippen molar-refractivity contribution in [2.45, 2.75) is 12.2 Å². The van der Waals surface area contributed by atoms with Gasteiger partial charge in [-0.3, -0.25) is 4.79 Å². The molecule has 0 bridgehead atoms. The second kappa shape index (κ2) is 23.0. The van der Waals surface area contributed by atoms with E-state index in [2.05, 4.69) is 19.9 Å². The molecule has 0 amide bonds. The van der Waals surface area contributed by atoms with Crippen LogP contribution in [0.15, 0.2) is 110 Å². The monoisotopic (exact) mass is 848 g/mol. The van der Waals surface area contributed by atoms with Crippen LogP contribution in [-0.2, 0) is 42.8 Å². The van der Waals surface area contributed by atoms with Gasteiger partial charge in [0.15, 0.2) is 6.29 Å². The van der Waals surface area contributed by atoms with Crippen molar-refractivity contribution in [3.8, 4) is 29.0 Å². The Morgan fingerprint density at radius 2 is 1.27 bits per heavy atom. The standard InChI is InChI=1S/C16H17ClN2O5.C15H13ClN2O4.C10H8O3/c1-21-15(20)14(16(22-2)23-3)10-6-4-5-7-11(10)24-13-8-12(17)18-9-19-13;1-20-8-11(15(19)21-2)10-5-3-4-6-12(10)22-14-7-13(16)17-9-18-14;1-12-6-8-7-4-2-3-5-9(7)13-10(8)11/h4-9,14,16H,1-3H3;3-9H,1-2H3;2-6H,1H3/b;11-8+;8-6-. The van der Waals surface area contributed by atoms with E-state index in [1.807, 2.05) is 18.2 Å². The first-order valence-electron chi connectivity index (χ1n) is 17.1. The van der Waals surface area contributed by atoms with Crippen LogP contribution in [0.5, 0.6) is 29.0 Å². The summed E-state index contributed by atoms with van der Waals surface area (Å²) in [6.45, 7) is 0. The summed E-state index contributed by atoms with van der Waals surface area (Å²) in [6, 6.07) is 24.1. The van der Waals surface area contributed by atoms with Crippen molar-refractivity contribution >= 4 is 52.3 Å². The number of ether oxygens (including phenoxy) is 9. The third-order valence-electron chi connectivity index (χ3n) is 7.75. The van der Waals surface area contributed by atoms with Gasteiger partial charge >= 0.3 is 17.9 Å². The first-order chi connectivity index (χ1) is 28.6. The zero-order valence-corrected chi connectivity index (χ0v) is 34.0. The number of carbonyl (C=O) groups excluding carboxylic acids is 3. The molecular weight excluding hydrogens is 811 g/mol. The summed E-state index contributed by atoms with van der Waals surface area (Å²) in [7, 11) is 8.41. The average Bonchev–Trinajstić information content (AvgIpc) is 3.57. The zero-order valence-electron chi connectivity index (χ0n) is 32.5. The minimum absolute atomic E-state index is 0.223. The molecule has 5 aromatic rings. The molecule has 1 aliphatic rings. The molecule has 59 heavy (non-hydrogen) atoms. The summed E-state index contributed by atoms with van der Waals surface area (Å²) in [5, 5.41) is 0.497. The molecule has 6 rings (SSSR count). The molecule has 0 radical (unpaired) electrons. The lowest BCUT2D eigenvalue weighted by Crippen LogP contribution is -2.30. The highest BCUT2D eigenvalue weighted by atomic mass is 35.5. The predicted molar refractivity (Wildman–Crippen MR) is 214 cm³/mol. The molecule has 0 fully saturated rings. The molecule has 3 heterocycles. The van der Waals surface area contributed by atoms with Gasteiger partial charge in [-0.1, -0.05) is 77.8 Å². The summed E-state index contributed by atoms with van der Waals surface area (Å²) in [5.41, 5.74) is 2.52. The van der Waals surface area contributed by atoms with Crippen LogP contribution in [0.25, 0.3) is 11.1 Å². The highest BCUT2D eigenvalue weighted by molar-refractivity contribution is 6.29. The van der Waals surface area contributed by atoms with E-state index in [1.165, 1.54) is 80.0 Å². The number of aromatic nitrogens is 4. The number of carbonyl (C=O) groups is 3. The molecule has 1 atom stereocenters. The van der Waals surface area contributed by atoms with Crippen molar-refractivity contribution in [3.63, 3.8) is 0 Å². The number of halogens is 2. The summed E-state index contributed by atoms with van der Waals surface area (Å²) < 4.78 is 46.2. The van der Waals surface area contributed by atoms with E-state index in [1.54, 1.807) is 54.6 Å². The second-order valence-corrected chi connectivity index (χ2v) is 12.1. The number of rotatable bonds is 13. The normalized spacial score (nSPS) is 12.7. The highest BCUT2D eigenvalue weighted by Gasteiger charge is 2.34. The molecule has 0 aliphatic carbocycles. The number of fused-ring (bicyclic) bond motifs is 1. The Kier molecular flexibility index (Phi) is 17.6. The fourth-order valence-electron chi connectivity index (χ4n) is 5.18. The zero-order chi connectivity index (χ0) is 42.7. The van der Waals surface area contributed by atoms with Gasteiger partial charge in [0.1, 0.15) is 57.3 Å². The number of nitrogens with zero attached hydrogens (tertiary/aromatic N) is 4. The largest absolute Gasteiger partial charge is 0.503 e. The lowest BCUT2D eigenvalue weighted by atomic mass is 9.97. The number of para-hydroxylation sites is 3. The summed E-state index contributed by atoms with van der Waals surface area (Å²) in [4.78, 5) is 50.9. The topological polar surface area (TPSA) is 186 Å². The van der Waals surface area contributed by atoms with Crippen LogP contribution in [-0.4, -0.2) is 86.8 Å². The molecule has 0 spiro atoms. The average molecular weight is 850 g/mol. The molecule has 0 saturated heterocycles. The van der Waals surface area contributed by atoms with Crippen molar-refractivity contribution in [2.75, 3.05) is 42.7 Å². The maximum absolute atomic E-state index is 12.2. The Morgan fingerprint density at radius 1 is 0.695 bits per heavy atom. The predicted octanol–water partition coefficient (Wildman–Crippen LogP) is 7.47. The van der Waals surface area contributed by atoms with Gasteiger partial charge in [0.2, 0.25) is 11.8 Å². The van der Waals surface area contributed by atoms with E-state index in [-0.39, 0.29) is 33.6 Å². The van der Waals surface area contributed by atoms with E-state index in [4.69, 9.17) is 65.8 Å². The fraction of sp³-hybridized carbons (Fsp3) is 0.195. The van der Waals surface area contributed by atoms with E-state index in [0.717, 1.165) is 5.56 Å². The van der Waals surface area contributed by atoms with E-state index < -0.39 is 24.1 Å². The first kappa shape index (κ1) is 45.1. The molecule has 18 heteroatoms. The molecular formula is C41H38Cl2N4O12. The number of benzene rings is 3. The van der Waals surface area contributed by atoms with E-state index in [0.29, 0.717) is 33.9 Å². The fourth-order valence-corrected chi connectivity index (χ4v) is 5.46. The van der Waals surface area contributed by atoms with Gasteiger partial charge < -0.3 is 42.6 Å². The Bertz CT molecular complexity index is 2270. The lowest BCUT2D eigenvalue weighted by molar-refractivity contribution is -0.163. The van der Waals surface area contributed by atoms with Crippen LogP contribution in [0.4, 0.5) is 0 Å². The molecule has 0 N–H and O–H groups in total. The van der Waals surface area contributed by atoms with Crippen molar-refractivity contribution in [2.24, 2.45) is 0 Å². The quantitative estimate of drug-likeness (QED) is 0.0283. The molecule has 16 nitrogen and oxygen atoms in total. The SMILES string of the molecule is CO/C=C(/C(=O)OC)c1ccccc1Oc1cc(Cl)ncn1.CO/C=C1\C(=O)Oc2ccccc21.COC(=O)C(c1ccccc1Oc1cc(Cl)ncn1)C(OC)OC. The van der Waals surface area contributed by atoms with Crippen LogP contribution in [0.2, 0.25) is 10.3 Å². The van der Waals surface area contributed by atoms with Crippen molar-refractivity contribution in [1.82, 2.24) is 19.9 Å². The van der Waals surface area contributed by atoms with Gasteiger partial charge in [0.25, 0.3) is 0 Å². The Balaban J connectivity index is 0.000000203. The van der Waals surface area contributed by atoms with Crippen LogP contribution in [0.1, 0.15) is 22.6 Å². The molecule has 0 saturated carbocycles. The lowest BCUT2D eigenvalue weighted by Gasteiger charge is -2.24. The number of hydrogen-bond donors (Lipinski definition) is 0. The smallest absolute Gasteiger partial charge is 0.347 e. The van der Waals surface area contributed by atoms with Crippen LogP contribution < -0.4 is 14.2 Å². The van der Waals surface area contributed by atoms with Gasteiger partial charge in [-0.2, -0.15) is 0 Å². The molecule has 2 aromatic heterocycles. The van der Waals surface area contributed by atoms with Crippen molar-refractivity contribution in [1.29, 1.82) is 0 Å². The Labute approximate surface area is 349 Å². The summed E-state index contributed by atoms with van der Waals surface area (Å²) in [5.74, 6) is -0.337. The first-order valence-corrected chi connectivity index (χ1v) is 17.8.